The number of carboxylic acids is 1. The monoisotopic (exact) mass is 252 g/mol. The van der Waals surface area contributed by atoms with Crippen molar-refractivity contribution in [2.75, 3.05) is 20.1 Å². The maximum Gasteiger partial charge on any atom is 0.339 e. The second kappa shape index (κ2) is 6.65. The molecule has 0 saturated heterocycles. The number of carboxylic acid groups (broad SMARTS) is 1. The van der Waals surface area contributed by atoms with Crippen molar-refractivity contribution >= 4 is 11.9 Å². The summed E-state index contributed by atoms with van der Waals surface area (Å²) in [5, 5.41) is 11.5. The molecular weight excluding hydrogens is 236 g/mol. The van der Waals surface area contributed by atoms with E-state index in [0.29, 0.717) is 18.8 Å². The van der Waals surface area contributed by atoms with Crippen LogP contribution in [0.2, 0.25) is 0 Å². The van der Waals surface area contributed by atoms with Crippen LogP contribution in [0.5, 0.6) is 0 Å². The summed E-state index contributed by atoms with van der Waals surface area (Å²) >= 11 is 0. The second-order valence-corrected chi connectivity index (χ2v) is 3.66. The van der Waals surface area contributed by atoms with E-state index in [4.69, 9.17) is 5.11 Å². The van der Waals surface area contributed by atoms with Gasteiger partial charge >= 0.3 is 5.97 Å². The summed E-state index contributed by atoms with van der Waals surface area (Å²) in [4.78, 5) is 31.7. The summed E-state index contributed by atoms with van der Waals surface area (Å²) < 4.78 is 0. The number of aromatic nitrogens is 2. The maximum atomic E-state index is 11.3. The number of nitrogens with zero attached hydrogens (tertiary/aromatic N) is 3. The van der Waals surface area contributed by atoms with Gasteiger partial charge in [0.25, 0.3) is 0 Å². The van der Waals surface area contributed by atoms with Gasteiger partial charge in [-0.25, -0.2) is 14.8 Å². The number of amides is 1. The van der Waals surface area contributed by atoms with Crippen LogP contribution in [0.25, 0.3) is 0 Å². The molecule has 0 aliphatic rings. The molecule has 18 heavy (non-hydrogen) atoms. The molecule has 0 aliphatic carbocycles. The Morgan fingerprint density at radius 1 is 1.50 bits per heavy atom. The third-order valence-electron chi connectivity index (χ3n) is 2.49. The minimum atomic E-state index is -1.07. The molecule has 98 valence electrons. The van der Waals surface area contributed by atoms with Gasteiger partial charge in [0.1, 0.15) is 11.9 Å². The van der Waals surface area contributed by atoms with Gasteiger partial charge in [-0.1, -0.05) is 6.92 Å². The van der Waals surface area contributed by atoms with Crippen LogP contribution >= 0.6 is 0 Å². The number of nitrogens with one attached hydrogen (secondary N) is 1. The van der Waals surface area contributed by atoms with Gasteiger partial charge < -0.3 is 10.4 Å². The van der Waals surface area contributed by atoms with E-state index in [9.17, 15) is 9.59 Å². The highest BCUT2D eigenvalue weighted by Gasteiger charge is 2.15. The third-order valence-corrected chi connectivity index (χ3v) is 2.49. The molecular formula is C11H16N4O3. The Labute approximate surface area is 105 Å². The topological polar surface area (TPSA) is 95.4 Å². The molecule has 7 heteroatoms. The van der Waals surface area contributed by atoms with Crippen molar-refractivity contribution in [3.63, 3.8) is 0 Å². The highest BCUT2D eigenvalue weighted by atomic mass is 16.4. The van der Waals surface area contributed by atoms with E-state index in [1.807, 2.05) is 6.92 Å². The summed E-state index contributed by atoms with van der Waals surface area (Å²) in [5.41, 5.74) is 0.469. The second-order valence-electron chi connectivity index (χ2n) is 3.66. The van der Waals surface area contributed by atoms with Crippen molar-refractivity contribution in [3.05, 3.63) is 23.8 Å². The largest absolute Gasteiger partial charge is 0.478 e. The first-order chi connectivity index (χ1) is 8.58. The minimum absolute atomic E-state index is 0.0628. The fourth-order valence-corrected chi connectivity index (χ4v) is 1.43. The van der Waals surface area contributed by atoms with Gasteiger partial charge in [-0.3, -0.25) is 9.69 Å². The molecule has 0 aliphatic heterocycles. The summed E-state index contributed by atoms with van der Waals surface area (Å²) in [6, 6.07) is 0. The standard InChI is InChI=1S/C11H16N4O3/c1-3-15(6-10(16)12-2)5-9-8(11(17)18)4-13-7-14-9/h4,7H,3,5-6H2,1-2H3,(H,12,16)(H,17,18). The predicted molar refractivity (Wildman–Crippen MR) is 64.0 cm³/mol. The van der Waals surface area contributed by atoms with Crippen molar-refractivity contribution in [2.24, 2.45) is 0 Å². The van der Waals surface area contributed by atoms with Crippen LogP contribution in [-0.4, -0.2) is 52.0 Å². The molecule has 1 amide bonds. The number of hydrogen-bond donors (Lipinski definition) is 2. The number of carbonyl (C=O) groups excluding carboxylic acids is 1. The zero-order valence-corrected chi connectivity index (χ0v) is 10.4. The van der Waals surface area contributed by atoms with Gasteiger partial charge in [0.15, 0.2) is 0 Å². The van der Waals surface area contributed by atoms with Gasteiger partial charge in [0.05, 0.1) is 12.2 Å². The number of carbonyl (C=O) groups is 2. The lowest BCUT2D eigenvalue weighted by Crippen LogP contribution is -2.35. The Bertz CT molecular complexity index is 436. The molecule has 0 spiro atoms. The SMILES string of the molecule is CCN(CC(=O)NC)Cc1ncncc1C(=O)O. The Morgan fingerprint density at radius 3 is 2.78 bits per heavy atom. The van der Waals surface area contributed by atoms with E-state index < -0.39 is 5.97 Å². The lowest BCUT2D eigenvalue weighted by Gasteiger charge is -2.19. The molecule has 1 aromatic heterocycles. The molecule has 0 radical (unpaired) electrons. The van der Waals surface area contributed by atoms with Gasteiger partial charge in [-0.15, -0.1) is 0 Å². The highest BCUT2D eigenvalue weighted by molar-refractivity contribution is 5.88. The molecule has 0 bridgehead atoms. The highest BCUT2D eigenvalue weighted by Crippen LogP contribution is 2.07. The van der Waals surface area contributed by atoms with Crippen LogP contribution in [0.15, 0.2) is 12.5 Å². The van der Waals surface area contributed by atoms with Crippen molar-refractivity contribution < 1.29 is 14.7 Å². The number of likely N-dealkylation sites (N-methyl/N-ethyl adjacent to an activating group) is 2. The Morgan fingerprint density at radius 2 is 2.22 bits per heavy atom. The van der Waals surface area contributed by atoms with E-state index >= 15 is 0 Å². The average Bonchev–Trinajstić information content (AvgIpc) is 2.38. The molecule has 0 aromatic carbocycles. The summed E-state index contributed by atoms with van der Waals surface area (Å²) in [6.07, 6.45) is 2.56. The van der Waals surface area contributed by atoms with Gasteiger partial charge in [0.2, 0.25) is 5.91 Å². The van der Waals surface area contributed by atoms with Crippen LogP contribution in [-0.2, 0) is 11.3 Å². The van der Waals surface area contributed by atoms with Crippen LogP contribution in [0, 0.1) is 0 Å². The molecule has 0 saturated carbocycles. The number of hydrogen-bond acceptors (Lipinski definition) is 5. The fourth-order valence-electron chi connectivity index (χ4n) is 1.43. The van der Waals surface area contributed by atoms with Crippen LogP contribution < -0.4 is 5.32 Å². The predicted octanol–water partition coefficient (Wildman–Crippen LogP) is -0.257. The van der Waals surface area contributed by atoms with Crippen molar-refractivity contribution in [1.82, 2.24) is 20.2 Å². The fraction of sp³-hybridized carbons (Fsp3) is 0.455. The molecule has 0 unspecified atom stereocenters. The lowest BCUT2D eigenvalue weighted by atomic mass is 10.2. The molecule has 1 heterocycles. The zero-order valence-electron chi connectivity index (χ0n) is 10.4. The number of rotatable bonds is 6. The normalized spacial score (nSPS) is 10.4. The summed E-state index contributed by atoms with van der Waals surface area (Å²) in [6.45, 7) is 3.02. The molecule has 2 N–H and O–H groups in total. The first-order valence-electron chi connectivity index (χ1n) is 5.53. The summed E-state index contributed by atoms with van der Waals surface area (Å²) in [7, 11) is 1.56. The van der Waals surface area contributed by atoms with Crippen LogP contribution in [0.3, 0.4) is 0 Å². The van der Waals surface area contributed by atoms with E-state index in [1.165, 1.54) is 12.5 Å². The van der Waals surface area contributed by atoms with Crippen LogP contribution in [0.1, 0.15) is 23.0 Å². The Balaban J connectivity index is 2.81. The molecule has 7 nitrogen and oxygen atoms in total. The molecule has 1 rings (SSSR count). The number of aromatic carboxylic acids is 1. The van der Waals surface area contributed by atoms with Crippen molar-refractivity contribution in [3.8, 4) is 0 Å². The molecule has 0 fully saturated rings. The Hall–Kier alpha value is -2.02. The lowest BCUT2D eigenvalue weighted by molar-refractivity contribution is -0.121. The zero-order chi connectivity index (χ0) is 13.5. The van der Waals surface area contributed by atoms with Gasteiger partial charge in [-0.2, -0.15) is 0 Å². The molecule has 1 aromatic rings. The van der Waals surface area contributed by atoms with E-state index in [-0.39, 0.29) is 18.0 Å². The maximum absolute atomic E-state index is 11.3. The first kappa shape index (κ1) is 14.0. The minimum Gasteiger partial charge on any atom is -0.478 e. The Kier molecular flexibility index (Phi) is 5.19. The van der Waals surface area contributed by atoms with E-state index in [0.717, 1.165) is 0 Å². The third kappa shape index (κ3) is 3.77. The quantitative estimate of drug-likeness (QED) is 0.724. The van der Waals surface area contributed by atoms with Crippen molar-refractivity contribution in [2.45, 2.75) is 13.5 Å². The molecule has 0 atom stereocenters. The van der Waals surface area contributed by atoms with Gasteiger partial charge in [0, 0.05) is 19.8 Å². The van der Waals surface area contributed by atoms with E-state index in [1.54, 1.807) is 11.9 Å². The smallest absolute Gasteiger partial charge is 0.339 e. The average molecular weight is 252 g/mol. The summed E-state index contributed by atoms with van der Waals surface area (Å²) in [5.74, 6) is -1.19. The first-order valence-corrected chi connectivity index (χ1v) is 5.53. The van der Waals surface area contributed by atoms with E-state index in [2.05, 4.69) is 15.3 Å². The van der Waals surface area contributed by atoms with Crippen molar-refractivity contribution in [1.29, 1.82) is 0 Å². The van der Waals surface area contributed by atoms with Gasteiger partial charge in [-0.05, 0) is 6.54 Å². The van der Waals surface area contributed by atoms with Crippen LogP contribution in [0.4, 0.5) is 0 Å².